The van der Waals surface area contributed by atoms with Gasteiger partial charge in [-0.05, 0) is 43.2 Å². The minimum atomic E-state index is -0.501. The van der Waals surface area contributed by atoms with Crippen molar-refractivity contribution < 1.29 is 5.11 Å². The largest absolute Gasteiger partial charge is 0.388 e. The Bertz CT molecular complexity index is 376. The second kappa shape index (κ2) is 6.29. The Hall–Kier alpha value is -0.220. The zero-order chi connectivity index (χ0) is 13.0. The van der Waals surface area contributed by atoms with E-state index in [1.54, 1.807) is 0 Å². The third-order valence-electron chi connectivity index (χ3n) is 3.32. The molecule has 1 fully saturated rings. The minimum absolute atomic E-state index is 0.362. The molecule has 2 rings (SSSR count). The Labute approximate surface area is 118 Å². The predicted octanol–water partition coefficient (Wildman–Crippen LogP) is 2.73. The number of aliphatic hydroxyl groups is 1. The first kappa shape index (κ1) is 14.2. The van der Waals surface area contributed by atoms with Gasteiger partial charge in [-0.2, -0.15) is 11.8 Å². The van der Waals surface area contributed by atoms with Crippen molar-refractivity contribution in [3.8, 4) is 0 Å². The summed E-state index contributed by atoms with van der Waals surface area (Å²) in [7, 11) is 0. The van der Waals surface area contributed by atoms with Crippen LogP contribution >= 0.6 is 23.4 Å². The summed E-state index contributed by atoms with van der Waals surface area (Å²) in [4.78, 5) is 0. The highest BCUT2D eigenvalue weighted by atomic mass is 35.5. The number of rotatable bonds is 5. The van der Waals surface area contributed by atoms with E-state index in [9.17, 15) is 5.11 Å². The lowest BCUT2D eigenvalue weighted by molar-refractivity contribution is 0.0651. The lowest BCUT2D eigenvalue weighted by Gasteiger charge is -2.24. The van der Waals surface area contributed by atoms with Crippen LogP contribution in [0.4, 0.5) is 0 Å². The summed E-state index contributed by atoms with van der Waals surface area (Å²) in [6.07, 6.45) is 1.86. The van der Waals surface area contributed by atoms with E-state index in [0.717, 1.165) is 29.4 Å². The molecule has 0 aromatic heterocycles. The van der Waals surface area contributed by atoms with Crippen LogP contribution in [0.15, 0.2) is 24.3 Å². The second-order valence-corrected chi connectivity index (χ2v) is 6.68. The summed E-state index contributed by atoms with van der Waals surface area (Å²) in [5.74, 6) is 1.93. The molecule has 1 saturated heterocycles. The molecule has 0 unspecified atom stereocenters. The number of benzene rings is 1. The van der Waals surface area contributed by atoms with Gasteiger partial charge in [0.1, 0.15) is 0 Å². The zero-order valence-corrected chi connectivity index (χ0v) is 12.2. The first-order chi connectivity index (χ1) is 8.57. The Balaban J connectivity index is 1.78. The molecule has 2 atom stereocenters. The van der Waals surface area contributed by atoms with Crippen LogP contribution in [-0.4, -0.2) is 34.8 Å². The molecule has 2 N–H and O–H groups in total. The van der Waals surface area contributed by atoms with Crippen LogP contribution in [0, 0.1) is 0 Å². The third kappa shape index (κ3) is 4.16. The monoisotopic (exact) mass is 285 g/mol. The number of hydrogen-bond donors (Lipinski definition) is 2. The van der Waals surface area contributed by atoms with Crippen molar-refractivity contribution in [1.82, 2.24) is 5.32 Å². The molecular formula is C14H20ClNOS. The fourth-order valence-electron chi connectivity index (χ4n) is 2.15. The van der Waals surface area contributed by atoms with E-state index in [1.807, 2.05) is 23.9 Å². The van der Waals surface area contributed by atoms with Gasteiger partial charge in [-0.15, -0.1) is 0 Å². The summed E-state index contributed by atoms with van der Waals surface area (Å²) in [5.41, 5.74) is 0.769. The van der Waals surface area contributed by atoms with Crippen LogP contribution in [0.3, 0.4) is 0 Å². The molecule has 18 heavy (non-hydrogen) atoms. The molecule has 100 valence electrons. The molecule has 1 aromatic carbocycles. The molecule has 0 amide bonds. The molecule has 0 bridgehead atoms. The summed E-state index contributed by atoms with van der Waals surface area (Å²) in [5, 5.41) is 14.4. The zero-order valence-electron chi connectivity index (χ0n) is 10.7. The molecule has 0 radical (unpaired) electrons. The highest BCUT2D eigenvalue weighted by molar-refractivity contribution is 7.99. The fourth-order valence-corrected chi connectivity index (χ4v) is 3.57. The summed E-state index contributed by atoms with van der Waals surface area (Å²) in [6, 6.07) is 8.32. The van der Waals surface area contributed by atoms with Crippen LogP contribution in [0.25, 0.3) is 0 Å². The van der Waals surface area contributed by atoms with Crippen molar-refractivity contribution in [1.29, 1.82) is 0 Å². The SMILES string of the molecule is C[C@@H](Cc1ccc(Cl)cc1)NC[C@]1(O)CCSC1. The average Bonchev–Trinajstić information content (AvgIpc) is 2.78. The third-order valence-corrected chi connectivity index (χ3v) is 4.80. The van der Waals surface area contributed by atoms with Crippen LogP contribution in [0.1, 0.15) is 18.9 Å². The number of hydrogen-bond acceptors (Lipinski definition) is 3. The maximum atomic E-state index is 10.2. The van der Waals surface area contributed by atoms with Crippen molar-refractivity contribution in [2.24, 2.45) is 0 Å². The molecule has 0 spiro atoms. The van der Waals surface area contributed by atoms with Crippen LogP contribution in [0.5, 0.6) is 0 Å². The first-order valence-corrected chi connectivity index (χ1v) is 7.89. The average molecular weight is 286 g/mol. The molecule has 2 nitrogen and oxygen atoms in total. The van der Waals surface area contributed by atoms with Gasteiger partial charge in [-0.3, -0.25) is 0 Å². The first-order valence-electron chi connectivity index (χ1n) is 6.35. The summed E-state index contributed by atoms with van der Waals surface area (Å²) < 4.78 is 0. The Kier molecular flexibility index (Phi) is 4.96. The molecule has 0 saturated carbocycles. The molecule has 1 aliphatic heterocycles. The molecule has 1 heterocycles. The maximum absolute atomic E-state index is 10.2. The fraction of sp³-hybridized carbons (Fsp3) is 0.571. The van der Waals surface area contributed by atoms with E-state index >= 15 is 0 Å². The summed E-state index contributed by atoms with van der Waals surface area (Å²) in [6.45, 7) is 2.84. The van der Waals surface area contributed by atoms with Crippen LogP contribution < -0.4 is 5.32 Å². The van der Waals surface area contributed by atoms with Gasteiger partial charge >= 0.3 is 0 Å². The normalized spacial score (nSPS) is 25.3. The Morgan fingerprint density at radius 3 is 2.78 bits per heavy atom. The molecule has 1 aliphatic rings. The van der Waals surface area contributed by atoms with Crippen molar-refractivity contribution in [3.63, 3.8) is 0 Å². The lowest BCUT2D eigenvalue weighted by Crippen LogP contribution is -2.44. The van der Waals surface area contributed by atoms with Gasteiger partial charge in [0.25, 0.3) is 0 Å². The Morgan fingerprint density at radius 1 is 1.44 bits per heavy atom. The standard InChI is InChI=1S/C14H20ClNOS/c1-11(8-12-2-4-13(15)5-3-12)16-9-14(17)6-7-18-10-14/h2-5,11,16-17H,6-10H2,1H3/t11-,14+/m0/s1. The second-order valence-electron chi connectivity index (χ2n) is 5.14. The Morgan fingerprint density at radius 2 is 2.17 bits per heavy atom. The molecule has 0 aliphatic carbocycles. The molecule has 4 heteroatoms. The van der Waals surface area contributed by atoms with E-state index in [1.165, 1.54) is 5.56 Å². The van der Waals surface area contributed by atoms with Crippen molar-refractivity contribution in [2.75, 3.05) is 18.1 Å². The van der Waals surface area contributed by atoms with E-state index in [4.69, 9.17) is 11.6 Å². The van der Waals surface area contributed by atoms with Crippen LogP contribution in [0.2, 0.25) is 5.02 Å². The van der Waals surface area contributed by atoms with Gasteiger partial charge < -0.3 is 10.4 Å². The van der Waals surface area contributed by atoms with Gasteiger partial charge in [0.15, 0.2) is 0 Å². The van der Waals surface area contributed by atoms with E-state index in [0.29, 0.717) is 12.6 Å². The van der Waals surface area contributed by atoms with Crippen LogP contribution in [-0.2, 0) is 6.42 Å². The van der Waals surface area contributed by atoms with E-state index < -0.39 is 5.60 Å². The van der Waals surface area contributed by atoms with Gasteiger partial charge in [-0.1, -0.05) is 23.7 Å². The summed E-state index contributed by atoms with van der Waals surface area (Å²) >= 11 is 7.70. The highest BCUT2D eigenvalue weighted by Crippen LogP contribution is 2.27. The smallest absolute Gasteiger partial charge is 0.0869 e. The van der Waals surface area contributed by atoms with Gasteiger partial charge in [0.05, 0.1) is 5.60 Å². The van der Waals surface area contributed by atoms with Crippen molar-refractivity contribution in [3.05, 3.63) is 34.9 Å². The lowest BCUT2D eigenvalue weighted by atomic mass is 10.0. The van der Waals surface area contributed by atoms with Gasteiger partial charge in [0.2, 0.25) is 0 Å². The number of thioether (sulfide) groups is 1. The van der Waals surface area contributed by atoms with Crippen molar-refractivity contribution >= 4 is 23.4 Å². The van der Waals surface area contributed by atoms with E-state index in [2.05, 4.69) is 24.4 Å². The van der Waals surface area contributed by atoms with Crippen molar-refractivity contribution in [2.45, 2.75) is 31.4 Å². The van der Waals surface area contributed by atoms with Gasteiger partial charge in [-0.25, -0.2) is 0 Å². The highest BCUT2D eigenvalue weighted by Gasteiger charge is 2.31. The number of nitrogens with one attached hydrogen (secondary N) is 1. The van der Waals surface area contributed by atoms with Gasteiger partial charge in [0, 0.05) is 23.4 Å². The molecular weight excluding hydrogens is 266 g/mol. The quantitative estimate of drug-likeness (QED) is 0.872. The molecule has 1 aromatic rings. The maximum Gasteiger partial charge on any atom is 0.0869 e. The minimum Gasteiger partial charge on any atom is -0.388 e. The topological polar surface area (TPSA) is 32.3 Å². The predicted molar refractivity (Wildman–Crippen MR) is 79.5 cm³/mol. The number of halogens is 1. The van der Waals surface area contributed by atoms with E-state index in [-0.39, 0.29) is 0 Å².